The number of nitrogens with one attached hydrogen (secondary N) is 2. The first kappa shape index (κ1) is 16.2. The zero-order chi connectivity index (χ0) is 16.9. The highest BCUT2D eigenvalue weighted by Crippen LogP contribution is 2.30. The van der Waals surface area contributed by atoms with E-state index in [9.17, 15) is 4.79 Å². The van der Waals surface area contributed by atoms with Crippen LogP contribution in [0.15, 0.2) is 42.6 Å². The number of hydrogen-bond acceptors (Lipinski definition) is 5. The molecule has 3 rings (SSSR count). The number of anilines is 1. The van der Waals surface area contributed by atoms with Crippen molar-refractivity contribution < 1.29 is 9.90 Å². The number of amides is 1. The molecule has 7 heteroatoms. The minimum atomic E-state index is -1.01. The van der Waals surface area contributed by atoms with Crippen LogP contribution in [0.4, 0.5) is 10.5 Å². The summed E-state index contributed by atoms with van der Waals surface area (Å²) in [7, 11) is 0. The Bertz CT molecular complexity index is 835. The number of nitrogens with zero attached hydrogens (tertiary/aromatic N) is 2. The fourth-order valence-electron chi connectivity index (χ4n) is 2.49. The molecule has 1 atom stereocenters. The van der Waals surface area contributed by atoms with E-state index in [1.54, 1.807) is 17.5 Å². The Morgan fingerprint density at radius 1 is 1.33 bits per heavy atom. The molecule has 2 heterocycles. The van der Waals surface area contributed by atoms with Gasteiger partial charge in [-0.25, -0.2) is 4.79 Å². The van der Waals surface area contributed by atoms with E-state index in [0.717, 1.165) is 20.8 Å². The number of carboxylic acid groups (broad SMARTS) is 1. The first-order valence-electron chi connectivity index (χ1n) is 7.63. The van der Waals surface area contributed by atoms with Crippen molar-refractivity contribution in [1.82, 2.24) is 15.5 Å². The van der Waals surface area contributed by atoms with Crippen molar-refractivity contribution in [3.8, 4) is 0 Å². The Balaban J connectivity index is 1.76. The van der Waals surface area contributed by atoms with E-state index >= 15 is 0 Å². The molecule has 0 spiro atoms. The van der Waals surface area contributed by atoms with Crippen LogP contribution in [-0.4, -0.2) is 27.4 Å². The molecule has 0 fully saturated rings. The fourth-order valence-corrected chi connectivity index (χ4v) is 3.69. The van der Waals surface area contributed by atoms with E-state index in [2.05, 4.69) is 33.0 Å². The quantitative estimate of drug-likeness (QED) is 0.638. The van der Waals surface area contributed by atoms with Gasteiger partial charge in [-0.1, -0.05) is 30.3 Å². The summed E-state index contributed by atoms with van der Waals surface area (Å²) in [5.74, 6) is 0. The third-order valence-electron chi connectivity index (χ3n) is 3.56. The number of hydrogen-bond donors (Lipinski definition) is 3. The maximum absolute atomic E-state index is 10.7. The predicted molar refractivity (Wildman–Crippen MR) is 95.5 cm³/mol. The topological polar surface area (TPSA) is 87.1 Å². The van der Waals surface area contributed by atoms with Gasteiger partial charge in [-0.3, -0.25) is 0 Å². The summed E-state index contributed by atoms with van der Waals surface area (Å²) in [6.45, 7) is 2.56. The van der Waals surface area contributed by atoms with Gasteiger partial charge in [-0.05, 0) is 18.6 Å². The second kappa shape index (κ2) is 7.27. The Morgan fingerprint density at radius 3 is 2.88 bits per heavy atom. The van der Waals surface area contributed by atoms with Crippen molar-refractivity contribution in [2.75, 3.05) is 5.32 Å². The lowest BCUT2D eigenvalue weighted by atomic mass is 10.2. The second-order valence-corrected chi connectivity index (χ2v) is 6.72. The molecular weight excluding hydrogens is 324 g/mol. The summed E-state index contributed by atoms with van der Waals surface area (Å²) in [4.78, 5) is 11.8. The lowest BCUT2D eigenvalue weighted by Gasteiger charge is -2.09. The Labute approximate surface area is 143 Å². The van der Waals surface area contributed by atoms with Crippen molar-refractivity contribution in [3.63, 3.8) is 0 Å². The van der Waals surface area contributed by atoms with E-state index < -0.39 is 6.09 Å². The normalized spacial score (nSPS) is 12.0. The van der Waals surface area contributed by atoms with E-state index in [0.29, 0.717) is 13.0 Å². The summed E-state index contributed by atoms with van der Waals surface area (Å²) < 4.78 is 1.04. The lowest BCUT2D eigenvalue weighted by Crippen LogP contribution is -2.32. The van der Waals surface area contributed by atoms with Crippen LogP contribution in [0.3, 0.4) is 0 Å². The maximum atomic E-state index is 10.7. The summed E-state index contributed by atoms with van der Waals surface area (Å²) in [5.41, 5.74) is 2.97. The highest BCUT2D eigenvalue weighted by atomic mass is 32.1. The molecule has 2 aromatic heterocycles. The molecule has 0 aliphatic heterocycles. The van der Waals surface area contributed by atoms with Crippen LogP contribution in [0.1, 0.15) is 17.4 Å². The molecule has 1 aromatic carbocycles. The zero-order valence-corrected chi connectivity index (χ0v) is 14.0. The highest BCUT2D eigenvalue weighted by molar-refractivity contribution is 7.19. The summed E-state index contributed by atoms with van der Waals surface area (Å²) >= 11 is 1.62. The van der Waals surface area contributed by atoms with Crippen LogP contribution in [0, 0.1) is 0 Å². The van der Waals surface area contributed by atoms with Gasteiger partial charge in [0.15, 0.2) is 0 Å². The number of benzene rings is 1. The van der Waals surface area contributed by atoms with Gasteiger partial charge in [0.1, 0.15) is 5.52 Å². The molecule has 1 amide bonds. The van der Waals surface area contributed by atoms with Crippen molar-refractivity contribution in [2.24, 2.45) is 0 Å². The van der Waals surface area contributed by atoms with Crippen molar-refractivity contribution >= 4 is 33.3 Å². The molecule has 0 saturated carbocycles. The second-order valence-electron chi connectivity index (χ2n) is 5.58. The minimum absolute atomic E-state index is 0.149. The molecule has 0 bridgehead atoms. The van der Waals surface area contributed by atoms with Crippen molar-refractivity contribution in [1.29, 1.82) is 0 Å². The molecule has 124 valence electrons. The molecule has 0 saturated heterocycles. The molecule has 0 aliphatic rings. The van der Waals surface area contributed by atoms with Gasteiger partial charge in [0.2, 0.25) is 0 Å². The summed E-state index contributed by atoms with van der Waals surface area (Å²) in [6.07, 6.45) is 1.35. The predicted octanol–water partition coefficient (Wildman–Crippen LogP) is 3.50. The van der Waals surface area contributed by atoms with Gasteiger partial charge in [-0.15, -0.1) is 16.4 Å². The molecule has 0 aliphatic carbocycles. The third kappa shape index (κ3) is 3.99. The van der Waals surface area contributed by atoms with E-state index in [1.807, 2.05) is 31.2 Å². The third-order valence-corrected chi connectivity index (χ3v) is 4.74. The molecular formula is C17H18N4O2S. The van der Waals surface area contributed by atoms with Gasteiger partial charge < -0.3 is 15.7 Å². The standard InChI is InChI=1S/C17H18N4O2S/c1-11(20-17(22)23)7-13-8-14-16(24-13)15(10-19-21-14)18-9-12-5-3-2-4-6-12/h2-6,8,10-11,20H,7,9H2,1H3,(H,18,21)(H,22,23)/t11-/m0/s1. The van der Waals surface area contributed by atoms with Crippen LogP contribution >= 0.6 is 11.3 Å². The first-order valence-corrected chi connectivity index (χ1v) is 8.45. The Hall–Kier alpha value is -2.67. The van der Waals surface area contributed by atoms with Crippen LogP contribution in [-0.2, 0) is 13.0 Å². The molecule has 6 nitrogen and oxygen atoms in total. The molecule has 0 radical (unpaired) electrons. The largest absolute Gasteiger partial charge is 0.465 e. The average Bonchev–Trinajstić information content (AvgIpc) is 2.95. The first-order chi connectivity index (χ1) is 11.6. The van der Waals surface area contributed by atoms with Gasteiger partial charge in [0, 0.05) is 23.9 Å². The highest BCUT2D eigenvalue weighted by Gasteiger charge is 2.12. The number of fused-ring (bicyclic) bond motifs is 1. The fraction of sp³-hybridized carbons (Fsp3) is 0.235. The van der Waals surface area contributed by atoms with Gasteiger partial charge in [0.05, 0.1) is 16.6 Å². The smallest absolute Gasteiger partial charge is 0.404 e. The van der Waals surface area contributed by atoms with Crippen molar-refractivity contribution in [3.05, 3.63) is 53.0 Å². The number of thiophene rings is 1. The van der Waals surface area contributed by atoms with Gasteiger partial charge >= 0.3 is 6.09 Å². The van der Waals surface area contributed by atoms with E-state index in [1.165, 1.54) is 5.56 Å². The number of rotatable bonds is 6. The zero-order valence-electron chi connectivity index (χ0n) is 13.2. The SMILES string of the molecule is C[C@@H](Cc1cc2nncc(NCc3ccccc3)c2s1)NC(=O)O. The minimum Gasteiger partial charge on any atom is -0.465 e. The maximum Gasteiger partial charge on any atom is 0.404 e. The molecule has 3 N–H and O–H groups in total. The van der Waals surface area contributed by atoms with Gasteiger partial charge in [0.25, 0.3) is 0 Å². The molecule has 24 heavy (non-hydrogen) atoms. The summed E-state index contributed by atoms with van der Waals surface area (Å²) in [6, 6.07) is 12.0. The van der Waals surface area contributed by atoms with E-state index in [-0.39, 0.29) is 6.04 Å². The van der Waals surface area contributed by atoms with Crippen molar-refractivity contribution in [2.45, 2.75) is 25.9 Å². The van der Waals surface area contributed by atoms with Crippen LogP contribution < -0.4 is 10.6 Å². The molecule has 3 aromatic rings. The Morgan fingerprint density at radius 2 is 2.12 bits per heavy atom. The van der Waals surface area contributed by atoms with E-state index in [4.69, 9.17) is 5.11 Å². The van der Waals surface area contributed by atoms with Crippen LogP contribution in [0.25, 0.3) is 10.2 Å². The van der Waals surface area contributed by atoms with Crippen LogP contribution in [0.2, 0.25) is 0 Å². The van der Waals surface area contributed by atoms with Gasteiger partial charge in [-0.2, -0.15) is 5.10 Å². The number of aromatic nitrogens is 2. The summed E-state index contributed by atoms with van der Waals surface area (Å²) in [5, 5.41) is 22.9. The van der Waals surface area contributed by atoms with Crippen LogP contribution in [0.5, 0.6) is 0 Å². The molecule has 0 unspecified atom stereocenters. The monoisotopic (exact) mass is 342 g/mol. The Kier molecular flexibility index (Phi) is 4.90. The average molecular weight is 342 g/mol. The number of carbonyl (C=O) groups is 1. The lowest BCUT2D eigenvalue weighted by molar-refractivity contribution is 0.191.